The van der Waals surface area contributed by atoms with Gasteiger partial charge in [-0.1, -0.05) is 35.9 Å². The largest absolute Gasteiger partial charge is 0.430 e. The summed E-state index contributed by atoms with van der Waals surface area (Å²) in [6, 6.07) is 11.6. The number of allylic oxidation sites excluding steroid dienone is 2. The average molecular weight is 465 g/mol. The number of alkyl halides is 3. The van der Waals surface area contributed by atoms with E-state index in [0.29, 0.717) is 31.0 Å². The third kappa shape index (κ3) is 5.28. The van der Waals surface area contributed by atoms with Crippen LogP contribution in [0.25, 0.3) is 0 Å². The molecular formula is C22H20ClF3N4O2. The van der Waals surface area contributed by atoms with Crippen LogP contribution in [-0.2, 0) is 4.79 Å². The maximum Gasteiger partial charge on any atom is 0.430 e. The second-order valence-corrected chi connectivity index (χ2v) is 7.59. The fourth-order valence-corrected chi connectivity index (χ4v) is 3.51. The highest BCUT2D eigenvalue weighted by Gasteiger charge is 2.33. The van der Waals surface area contributed by atoms with Crippen molar-refractivity contribution in [1.29, 1.82) is 0 Å². The summed E-state index contributed by atoms with van der Waals surface area (Å²) in [5, 5.41) is 0.252. The van der Waals surface area contributed by atoms with E-state index in [1.807, 2.05) is 0 Å². The van der Waals surface area contributed by atoms with E-state index in [1.165, 1.54) is 29.2 Å². The lowest BCUT2D eigenvalue weighted by molar-refractivity contribution is -0.121. The minimum Gasteiger partial charge on any atom is -0.395 e. The topological polar surface area (TPSA) is 102 Å². The Balaban J connectivity index is 1.97. The molecule has 3 rings (SSSR count). The first-order valence-electron chi connectivity index (χ1n) is 9.66. The summed E-state index contributed by atoms with van der Waals surface area (Å²) in [7, 11) is 0. The Labute approximate surface area is 187 Å². The Hall–Kier alpha value is -3.33. The third-order valence-corrected chi connectivity index (χ3v) is 5.30. The lowest BCUT2D eigenvalue weighted by Gasteiger charge is -2.22. The summed E-state index contributed by atoms with van der Waals surface area (Å²) in [5.74, 6) is -0.956. The van der Waals surface area contributed by atoms with Crippen LogP contribution < -0.4 is 11.5 Å². The molecule has 0 bridgehead atoms. The number of hydrogen-bond donors (Lipinski definition) is 2. The zero-order valence-electron chi connectivity index (χ0n) is 16.8. The Morgan fingerprint density at radius 2 is 1.69 bits per heavy atom. The van der Waals surface area contributed by atoms with Crippen molar-refractivity contribution < 1.29 is 22.8 Å². The van der Waals surface area contributed by atoms with Crippen LogP contribution in [0.15, 0.2) is 65.3 Å². The van der Waals surface area contributed by atoms with Crippen LogP contribution in [0, 0.1) is 0 Å². The number of amides is 2. The maximum atomic E-state index is 13.0. The van der Waals surface area contributed by atoms with Crippen LogP contribution >= 0.6 is 11.6 Å². The molecule has 1 unspecified atom stereocenters. The van der Waals surface area contributed by atoms with Crippen LogP contribution in [0.2, 0.25) is 5.02 Å². The lowest BCUT2D eigenvalue weighted by Crippen LogP contribution is -2.43. The third-order valence-electron chi connectivity index (χ3n) is 4.98. The van der Waals surface area contributed by atoms with Gasteiger partial charge < -0.3 is 16.4 Å². The standard InChI is InChI=1S/C22H20ClF3N4O2/c23-15-4-1-2-5-16(15)29-17(12-19(27)22(24,25)26)13-7-9-14(10-8-13)21(32)30-11-3-6-18(30)20(28)31/h1-2,4-5,7-10,12,18H,3,6,11,27H2,(H2,28,31). The molecule has 1 heterocycles. The number of halogens is 4. The number of hydrogen-bond acceptors (Lipinski definition) is 4. The summed E-state index contributed by atoms with van der Waals surface area (Å²) in [6.07, 6.45) is -2.87. The lowest BCUT2D eigenvalue weighted by atomic mass is 10.0. The SMILES string of the molecule is NC(=O)C1CCCN1C(=O)c1ccc(C(C=C(N)C(F)(F)F)=Nc2ccccc2Cl)cc1. The summed E-state index contributed by atoms with van der Waals surface area (Å²) in [4.78, 5) is 30.0. The van der Waals surface area contributed by atoms with Crippen molar-refractivity contribution in [3.63, 3.8) is 0 Å². The number of aliphatic imine (C=N–C) groups is 1. The van der Waals surface area contributed by atoms with Gasteiger partial charge in [0.15, 0.2) is 0 Å². The van der Waals surface area contributed by atoms with E-state index < -0.39 is 23.8 Å². The molecule has 0 saturated carbocycles. The molecule has 2 amide bonds. The van der Waals surface area contributed by atoms with Gasteiger partial charge in [0, 0.05) is 17.7 Å². The van der Waals surface area contributed by atoms with Crippen molar-refractivity contribution in [2.45, 2.75) is 25.1 Å². The summed E-state index contributed by atoms with van der Waals surface area (Å²) in [5.41, 5.74) is 9.98. The highest BCUT2D eigenvalue weighted by atomic mass is 35.5. The Bertz CT molecular complexity index is 1080. The highest BCUT2D eigenvalue weighted by molar-refractivity contribution is 6.33. The second kappa shape index (κ2) is 9.44. The number of primary amides is 1. The molecule has 1 atom stereocenters. The van der Waals surface area contributed by atoms with Crippen molar-refractivity contribution in [3.8, 4) is 0 Å². The van der Waals surface area contributed by atoms with Crippen molar-refractivity contribution in [3.05, 3.63) is 76.5 Å². The molecule has 1 aliphatic heterocycles. The molecule has 0 aromatic heterocycles. The molecule has 168 valence electrons. The van der Waals surface area contributed by atoms with Crippen molar-refractivity contribution >= 4 is 34.8 Å². The van der Waals surface area contributed by atoms with Crippen LogP contribution in [0.4, 0.5) is 18.9 Å². The minimum absolute atomic E-state index is 0.0805. The van der Waals surface area contributed by atoms with Crippen molar-refractivity contribution in [2.75, 3.05) is 6.54 Å². The number of rotatable bonds is 5. The maximum absolute atomic E-state index is 13.0. The van der Waals surface area contributed by atoms with Gasteiger partial charge in [-0.15, -0.1) is 0 Å². The smallest absolute Gasteiger partial charge is 0.395 e. The molecule has 1 fully saturated rings. The van der Waals surface area contributed by atoms with Gasteiger partial charge in [-0.05, 0) is 43.2 Å². The van der Waals surface area contributed by atoms with Gasteiger partial charge >= 0.3 is 6.18 Å². The quantitative estimate of drug-likeness (QED) is 0.655. The Kier molecular flexibility index (Phi) is 6.88. The van der Waals surface area contributed by atoms with Gasteiger partial charge in [0.05, 0.1) is 16.4 Å². The number of carbonyl (C=O) groups is 2. The molecule has 2 aromatic carbocycles. The van der Waals surface area contributed by atoms with E-state index in [-0.39, 0.29) is 27.9 Å². The first kappa shape index (κ1) is 23.3. The number of likely N-dealkylation sites (tertiary alicyclic amines) is 1. The van der Waals surface area contributed by atoms with Crippen LogP contribution in [0.5, 0.6) is 0 Å². The van der Waals surface area contributed by atoms with E-state index in [1.54, 1.807) is 24.3 Å². The van der Waals surface area contributed by atoms with Gasteiger partial charge in [0.1, 0.15) is 11.7 Å². The average Bonchev–Trinajstić information content (AvgIpc) is 3.24. The molecule has 0 aliphatic carbocycles. The molecule has 0 radical (unpaired) electrons. The first-order valence-corrected chi connectivity index (χ1v) is 10.0. The minimum atomic E-state index is -4.74. The van der Waals surface area contributed by atoms with Gasteiger partial charge in [-0.2, -0.15) is 13.2 Å². The molecule has 10 heteroatoms. The van der Waals surface area contributed by atoms with E-state index in [2.05, 4.69) is 4.99 Å². The predicted octanol–water partition coefficient (Wildman–Crippen LogP) is 3.96. The molecule has 1 saturated heterocycles. The molecule has 32 heavy (non-hydrogen) atoms. The zero-order chi connectivity index (χ0) is 23.5. The highest BCUT2D eigenvalue weighted by Crippen LogP contribution is 2.27. The fraction of sp³-hybridized carbons (Fsp3) is 0.227. The predicted molar refractivity (Wildman–Crippen MR) is 116 cm³/mol. The Morgan fingerprint density at radius 1 is 1.06 bits per heavy atom. The molecular weight excluding hydrogens is 445 g/mol. The van der Waals surface area contributed by atoms with Crippen LogP contribution in [0.3, 0.4) is 0 Å². The monoisotopic (exact) mass is 464 g/mol. The molecule has 0 spiro atoms. The van der Waals surface area contributed by atoms with Gasteiger partial charge in [-0.25, -0.2) is 4.99 Å². The van der Waals surface area contributed by atoms with Crippen molar-refractivity contribution in [2.24, 2.45) is 16.5 Å². The van der Waals surface area contributed by atoms with Crippen LogP contribution in [0.1, 0.15) is 28.8 Å². The van der Waals surface area contributed by atoms with Crippen molar-refractivity contribution in [1.82, 2.24) is 4.90 Å². The number of nitrogens with zero attached hydrogens (tertiary/aromatic N) is 2. The summed E-state index contributed by atoms with van der Waals surface area (Å²) in [6.45, 7) is 0.401. The van der Waals surface area contributed by atoms with Crippen LogP contribution in [-0.4, -0.2) is 41.2 Å². The molecule has 6 nitrogen and oxygen atoms in total. The molecule has 1 aliphatic rings. The first-order chi connectivity index (χ1) is 15.1. The van der Waals surface area contributed by atoms with Gasteiger partial charge in [0.25, 0.3) is 5.91 Å². The second-order valence-electron chi connectivity index (χ2n) is 7.18. The molecule has 2 aromatic rings. The fourth-order valence-electron chi connectivity index (χ4n) is 3.34. The number of benzene rings is 2. The van der Waals surface area contributed by atoms with E-state index in [4.69, 9.17) is 23.1 Å². The van der Waals surface area contributed by atoms with E-state index in [9.17, 15) is 22.8 Å². The molecule has 4 N–H and O–H groups in total. The number of carbonyl (C=O) groups excluding carboxylic acids is 2. The number of para-hydroxylation sites is 1. The van der Waals surface area contributed by atoms with E-state index in [0.717, 1.165) is 0 Å². The van der Waals surface area contributed by atoms with Gasteiger partial charge in [-0.3, -0.25) is 9.59 Å². The summed E-state index contributed by atoms with van der Waals surface area (Å²) < 4.78 is 39.1. The summed E-state index contributed by atoms with van der Waals surface area (Å²) >= 11 is 6.09. The van der Waals surface area contributed by atoms with E-state index >= 15 is 0 Å². The number of nitrogens with two attached hydrogens (primary N) is 2. The Morgan fingerprint density at radius 3 is 2.28 bits per heavy atom. The zero-order valence-corrected chi connectivity index (χ0v) is 17.5. The normalized spacial score (nSPS) is 17.5. The van der Waals surface area contributed by atoms with Gasteiger partial charge in [0.2, 0.25) is 5.91 Å².